The number of carbonyl (C=O) groups excluding carboxylic acids is 1. The molecule has 2 aromatic rings. The Kier molecular flexibility index (Phi) is 4.55. The van der Waals surface area contributed by atoms with Gasteiger partial charge in [0.1, 0.15) is 12.1 Å². The van der Waals surface area contributed by atoms with Crippen LogP contribution in [0.5, 0.6) is 0 Å². The molecule has 0 saturated heterocycles. The standard InChI is InChI=1S/C14H16N6O3/c1-9(2)14(3,8-15)18-10(21)7-20-12(19-23-13(20)22)11-16-5-4-6-17-11/h4-6,9H,7H2,1-3H3,(H,18,21)/t14-/m1/s1. The molecule has 1 atom stereocenters. The molecule has 0 saturated carbocycles. The number of nitrogens with one attached hydrogen (secondary N) is 1. The Labute approximate surface area is 132 Å². The normalized spacial score (nSPS) is 13.3. The summed E-state index contributed by atoms with van der Waals surface area (Å²) < 4.78 is 5.60. The van der Waals surface area contributed by atoms with E-state index in [1.54, 1.807) is 13.0 Å². The van der Waals surface area contributed by atoms with Gasteiger partial charge in [-0.2, -0.15) is 5.26 Å². The van der Waals surface area contributed by atoms with Crippen LogP contribution in [0, 0.1) is 17.2 Å². The van der Waals surface area contributed by atoms with Gasteiger partial charge in [-0.05, 0) is 18.9 Å². The Hall–Kier alpha value is -3.02. The Morgan fingerprint density at radius 2 is 2.13 bits per heavy atom. The molecule has 0 aliphatic rings. The average molecular weight is 316 g/mol. The fraction of sp³-hybridized carbons (Fsp3) is 0.429. The fourth-order valence-electron chi connectivity index (χ4n) is 1.76. The van der Waals surface area contributed by atoms with E-state index in [2.05, 4.69) is 31.0 Å². The molecule has 0 aliphatic carbocycles. The lowest BCUT2D eigenvalue weighted by Gasteiger charge is -2.27. The van der Waals surface area contributed by atoms with E-state index < -0.39 is 17.2 Å². The summed E-state index contributed by atoms with van der Waals surface area (Å²) in [5.74, 6) is -1.20. The summed E-state index contributed by atoms with van der Waals surface area (Å²) in [7, 11) is 0. The van der Waals surface area contributed by atoms with Gasteiger partial charge in [0.15, 0.2) is 5.82 Å². The summed E-state index contributed by atoms with van der Waals surface area (Å²) in [4.78, 5) is 31.9. The van der Waals surface area contributed by atoms with Crippen molar-refractivity contribution in [2.24, 2.45) is 5.92 Å². The summed E-state index contributed by atoms with van der Waals surface area (Å²) in [6.45, 7) is 4.91. The van der Waals surface area contributed by atoms with Crippen molar-refractivity contribution in [2.75, 3.05) is 0 Å². The lowest BCUT2D eigenvalue weighted by molar-refractivity contribution is -0.123. The summed E-state index contributed by atoms with van der Waals surface area (Å²) in [6.07, 6.45) is 2.97. The quantitative estimate of drug-likeness (QED) is 0.843. The van der Waals surface area contributed by atoms with Crippen LogP contribution >= 0.6 is 0 Å². The van der Waals surface area contributed by atoms with Gasteiger partial charge in [0.05, 0.1) is 6.07 Å². The van der Waals surface area contributed by atoms with Crippen molar-refractivity contribution in [1.29, 1.82) is 5.26 Å². The molecule has 0 bridgehead atoms. The van der Waals surface area contributed by atoms with Crippen molar-refractivity contribution in [3.05, 3.63) is 29.0 Å². The molecule has 2 aromatic heterocycles. The zero-order valence-electron chi connectivity index (χ0n) is 13.0. The van der Waals surface area contributed by atoms with E-state index in [0.29, 0.717) is 0 Å². The molecule has 0 aliphatic heterocycles. The predicted molar refractivity (Wildman–Crippen MR) is 78.8 cm³/mol. The van der Waals surface area contributed by atoms with Crippen LogP contribution in [0.3, 0.4) is 0 Å². The Bertz CT molecular complexity index is 789. The van der Waals surface area contributed by atoms with E-state index in [9.17, 15) is 14.9 Å². The third-order valence-electron chi connectivity index (χ3n) is 3.54. The minimum atomic E-state index is -1.04. The van der Waals surface area contributed by atoms with Gasteiger partial charge in [0.2, 0.25) is 11.7 Å². The monoisotopic (exact) mass is 316 g/mol. The van der Waals surface area contributed by atoms with Gasteiger partial charge >= 0.3 is 5.76 Å². The van der Waals surface area contributed by atoms with Gasteiger partial charge < -0.3 is 5.32 Å². The molecule has 2 rings (SSSR count). The second-order valence-electron chi connectivity index (χ2n) is 5.45. The van der Waals surface area contributed by atoms with Gasteiger partial charge in [-0.1, -0.05) is 19.0 Å². The van der Waals surface area contributed by atoms with Crippen molar-refractivity contribution in [3.63, 3.8) is 0 Å². The second-order valence-corrected chi connectivity index (χ2v) is 5.45. The number of amides is 1. The highest BCUT2D eigenvalue weighted by molar-refractivity contribution is 5.77. The van der Waals surface area contributed by atoms with Gasteiger partial charge in [-0.3, -0.25) is 9.32 Å². The average Bonchev–Trinajstić information content (AvgIpc) is 2.88. The van der Waals surface area contributed by atoms with Crippen LogP contribution in [0.1, 0.15) is 20.8 Å². The fourth-order valence-corrected chi connectivity index (χ4v) is 1.76. The highest BCUT2D eigenvalue weighted by atomic mass is 16.5. The number of carbonyl (C=O) groups is 1. The van der Waals surface area contributed by atoms with Crippen LogP contribution in [0.25, 0.3) is 11.6 Å². The van der Waals surface area contributed by atoms with E-state index in [4.69, 9.17) is 0 Å². The van der Waals surface area contributed by atoms with E-state index >= 15 is 0 Å². The van der Waals surface area contributed by atoms with E-state index in [0.717, 1.165) is 4.57 Å². The van der Waals surface area contributed by atoms with Crippen LogP contribution < -0.4 is 11.1 Å². The topological polar surface area (TPSA) is 127 Å². The van der Waals surface area contributed by atoms with E-state index in [1.165, 1.54) is 12.4 Å². The second kappa shape index (κ2) is 6.39. The number of hydrogen-bond donors (Lipinski definition) is 1. The molecule has 23 heavy (non-hydrogen) atoms. The van der Waals surface area contributed by atoms with Crippen LogP contribution in [-0.2, 0) is 11.3 Å². The predicted octanol–water partition coefficient (Wildman–Crippen LogP) is 0.348. The summed E-state index contributed by atoms with van der Waals surface area (Å²) >= 11 is 0. The molecular weight excluding hydrogens is 300 g/mol. The molecule has 1 amide bonds. The summed E-state index contributed by atoms with van der Waals surface area (Å²) in [5.41, 5.74) is -1.04. The third kappa shape index (κ3) is 3.42. The first-order valence-corrected chi connectivity index (χ1v) is 6.93. The number of aromatic nitrogens is 4. The van der Waals surface area contributed by atoms with Gasteiger partial charge in [-0.15, -0.1) is 0 Å². The maximum Gasteiger partial charge on any atom is 0.442 e. The molecule has 0 aromatic carbocycles. The maximum absolute atomic E-state index is 12.2. The highest BCUT2D eigenvalue weighted by Gasteiger charge is 2.30. The van der Waals surface area contributed by atoms with Gasteiger partial charge in [0.25, 0.3) is 0 Å². The zero-order valence-corrected chi connectivity index (χ0v) is 13.0. The van der Waals surface area contributed by atoms with Crippen molar-refractivity contribution in [2.45, 2.75) is 32.9 Å². The molecule has 0 fully saturated rings. The molecule has 9 heteroatoms. The summed E-state index contributed by atoms with van der Waals surface area (Å²) in [6, 6.07) is 3.68. The molecule has 2 heterocycles. The first-order valence-electron chi connectivity index (χ1n) is 6.93. The molecular formula is C14H16N6O3. The Morgan fingerprint density at radius 3 is 2.70 bits per heavy atom. The van der Waals surface area contributed by atoms with Crippen LogP contribution in [0.4, 0.5) is 0 Å². The lowest BCUT2D eigenvalue weighted by atomic mass is 9.90. The minimum absolute atomic E-state index is 0.0500. The molecule has 0 radical (unpaired) electrons. The lowest BCUT2D eigenvalue weighted by Crippen LogP contribution is -2.50. The largest absolute Gasteiger partial charge is 0.442 e. The zero-order chi connectivity index (χ0) is 17.0. The molecule has 120 valence electrons. The van der Waals surface area contributed by atoms with Crippen molar-refractivity contribution in [1.82, 2.24) is 25.0 Å². The number of rotatable bonds is 5. The van der Waals surface area contributed by atoms with Crippen LogP contribution in [-0.4, -0.2) is 31.1 Å². The first-order chi connectivity index (χ1) is 10.9. The molecule has 9 nitrogen and oxygen atoms in total. The van der Waals surface area contributed by atoms with E-state index in [1.807, 2.05) is 13.8 Å². The first kappa shape index (κ1) is 16.4. The van der Waals surface area contributed by atoms with E-state index in [-0.39, 0.29) is 24.1 Å². The molecule has 1 N–H and O–H groups in total. The Balaban J connectivity index is 2.25. The highest BCUT2D eigenvalue weighted by Crippen LogP contribution is 2.15. The number of nitrogens with zero attached hydrogens (tertiary/aromatic N) is 5. The SMILES string of the molecule is CC(C)[C@@](C)(C#N)NC(=O)Cn1c(-c2ncccn2)noc1=O. The van der Waals surface area contributed by atoms with Crippen molar-refractivity contribution < 1.29 is 9.32 Å². The number of hydrogen-bond acceptors (Lipinski definition) is 7. The smallest absolute Gasteiger partial charge is 0.336 e. The third-order valence-corrected chi connectivity index (χ3v) is 3.54. The Morgan fingerprint density at radius 1 is 1.48 bits per heavy atom. The number of nitriles is 1. The minimum Gasteiger partial charge on any atom is -0.336 e. The maximum atomic E-state index is 12.2. The van der Waals surface area contributed by atoms with Gasteiger partial charge in [0, 0.05) is 12.4 Å². The van der Waals surface area contributed by atoms with Crippen molar-refractivity contribution in [3.8, 4) is 17.7 Å². The van der Waals surface area contributed by atoms with Gasteiger partial charge in [-0.25, -0.2) is 19.3 Å². The van der Waals surface area contributed by atoms with Crippen LogP contribution in [0.15, 0.2) is 27.8 Å². The van der Waals surface area contributed by atoms with Crippen LogP contribution in [0.2, 0.25) is 0 Å². The molecule has 0 spiro atoms. The van der Waals surface area contributed by atoms with Crippen molar-refractivity contribution >= 4 is 5.91 Å². The molecule has 0 unspecified atom stereocenters. The summed E-state index contributed by atoms with van der Waals surface area (Å²) in [5, 5.41) is 15.4.